The van der Waals surface area contributed by atoms with Crippen molar-refractivity contribution in [2.24, 2.45) is 11.8 Å². The first-order valence-corrected chi connectivity index (χ1v) is 6.40. The Balaban J connectivity index is 2.89. The van der Waals surface area contributed by atoms with Crippen LogP contribution in [0.25, 0.3) is 0 Å². The van der Waals surface area contributed by atoms with Gasteiger partial charge in [0.2, 0.25) is 0 Å². The highest BCUT2D eigenvalue weighted by Crippen LogP contribution is 2.35. The standard InChI is InChI=1S/C14H20O6/c1-9(12(16)18-3)11-5-6-14(8-15,20-7-11)10(2)13(17)19-4/h7-10H,5-6H2,1-4H3. The topological polar surface area (TPSA) is 78.9 Å². The fraction of sp³-hybridized carbons (Fsp3) is 0.643. The van der Waals surface area contributed by atoms with Crippen LogP contribution in [0.1, 0.15) is 26.7 Å². The first-order valence-electron chi connectivity index (χ1n) is 6.40. The average molecular weight is 284 g/mol. The second-order valence-electron chi connectivity index (χ2n) is 4.87. The summed E-state index contributed by atoms with van der Waals surface area (Å²) in [5.74, 6) is -2.01. The zero-order chi connectivity index (χ0) is 15.3. The number of hydrogen-bond acceptors (Lipinski definition) is 6. The van der Waals surface area contributed by atoms with Crippen LogP contribution in [0.2, 0.25) is 0 Å². The smallest absolute Gasteiger partial charge is 0.312 e. The SMILES string of the molecule is COC(=O)C(C)C1=COC(C=O)(C(C)C(=O)OC)CC1. The van der Waals surface area contributed by atoms with E-state index in [4.69, 9.17) is 4.74 Å². The molecule has 0 saturated carbocycles. The minimum atomic E-state index is -1.23. The summed E-state index contributed by atoms with van der Waals surface area (Å²) in [5.41, 5.74) is -0.488. The maximum Gasteiger partial charge on any atom is 0.312 e. The van der Waals surface area contributed by atoms with Crippen molar-refractivity contribution >= 4 is 18.2 Å². The normalized spacial score (nSPS) is 24.7. The second-order valence-corrected chi connectivity index (χ2v) is 4.87. The largest absolute Gasteiger partial charge is 0.487 e. The second kappa shape index (κ2) is 6.54. The first-order chi connectivity index (χ1) is 9.41. The van der Waals surface area contributed by atoms with Crippen LogP contribution >= 0.6 is 0 Å². The van der Waals surface area contributed by atoms with Crippen molar-refractivity contribution in [2.75, 3.05) is 14.2 Å². The number of carbonyl (C=O) groups excluding carboxylic acids is 3. The lowest BCUT2D eigenvalue weighted by Gasteiger charge is -2.36. The van der Waals surface area contributed by atoms with Gasteiger partial charge in [-0.1, -0.05) is 0 Å². The summed E-state index contributed by atoms with van der Waals surface area (Å²) in [6.07, 6.45) is 2.82. The fourth-order valence-electron chi connectivity index (χ4n) is 2.17. The molecule has 1 aliphatic rings. The highest BCUT2D eigenvalue weighted by molar-refractivity contribution is 5.80. The predicted molar refractivity (Wildman–Crippen MR) is 69.6 cm³/mol. The number of hydrogen-bond donors (Lipinski definition) is 0. The summed E-state index contributed by atoms with van der Waals surface area (Å²) < 4.78 is 14.8. The molecule has 0 aromatic heterocycles. The van der Waals surface area contributed by atoms with E-state index in [1.165, 1.54) is 20.5 Å². The highest BCUT2D eigenvalue weighted by Gasteiger charge is 2.44. The molecule has 0 aliphatic carbocycles. The van der Waals surface area contributed by atoms with Crippen molar-refractivity contribution in [1.82, 2.24) is 0 Å². The zero-order valence-corrected chi connectivity index (χ0v) is 12.2. The van der Waals surface area contributed by atoms with Crippen molar-refractivity contribution in [3.8, 4) is 0 Å². The Labute approximate surface area is 118 Å². The van der Waals surface area contributed by atoms with Crippen molar-refractivity contribution < 1.29 is 28.6 Å². The van der Waals surface area contributed by atoms with Gasteiger partial charge < -0.3 is 14.2 Å². The van der Waals surface area contributed by atoms with Crippen LogP contribution in [0.3, 0.4) is 0 Å². The molecular formula is C14H20O6. The van der Waals surface area contributed by atoms with Crippen molar-refractivity contribution in [1.29, 1.82) is 0 Å². The minimum Gasteiger partial charge on any atom is -0.487 e. The quantitative estimate of drug-likeness (QED) is 0.558. The van der Waals surface area contributed by atoms with Crippen LogP contribution in [-0.2, 0) is 28.6 Å². The van der Waals surface area contributed by atoms with Gasteiger partial charge in [0.1, 0.15) is 5.92 Å². The Hall–Kier alpha value is -1.85. The van der Waals surface area contributed by atoms with Crippen molar-refractivity contribution in [2.45, 2.75) is 32.3 Å². The fourth-order valence-corrected chi connectivity index (χ4v) is 2.17. The van der Waals surface area contributed by atoms with Gasteiger partial charge in [-0.05, 0) is 32.3 Å². The van der Waals surface area contributed by atoms with E-state index >= 15 is 0 Å². The van der Waals surface area contributed by atoms with Gasteiger partial charge in [-0.2, -0.15) is 0 Å². The Morgan fingerprint density at radius 3 is 2.30 bits per heavy atom. The lowest BCUT2D eigenvalue weighted by atomic mass is 9.81. The molecule has 3 unspecified atom stereocenters. The Morgan fingerprint density at radius 2 is 1.90 bits per heavy atom. The number of ether oxygens (including phenoxy) is 3. The van der Waals surface area contributed by atoms with Gasteiger partial charge in [0, 0.05) is 0 Å². The molecule has 1 heterocycles. The molecule has 1 aliphatic heterocycles. The molecule has 0 aromatic rings. The van der Waals surface area contributed by atoms with Gasteiger partial charge in [-0.25, -0.2) is 0 Å². The van der Waals surface area contributed by atoms with E-state index in [1.54, 1.807) is 13.8 Å². The molecule has 0 N–H and O–H groups in total. The van der Waals surface area contributed by atoms with Gasteiger partial charge in [0.25, 0.3) is 0 Å². The third-order valence-electron chi connectivity index (χ3n) is 3.83. The maximum absolute atomic E-state index is 11.6. The average Bonchev–Trinajstić information content (AvgIpc) is 2.51. The summed E-state index contributed by atoms with van der Waals surface area (Å²) >= 11 is 0. The minimum absolute atomic E-state index is 0.319. The number of aldehydes is 1. The Kier molecular flexibility index (Phi) is 5.30. The monoisotopic (exact) mass is 284 g/mol. The molecule has 6 heteroatoms. The first kappa shape index (κ1) is 16.2. The van der Waals surface area contributed by atoms with Crippen molar-refractivity contribution in [3.05, 3.63) is 11.8 Å². The lowest BCUT2D eigenvalue weighted by molar-refractivity contribution is -0.160. The van der Waals surface area contributed by atoms with Crippen LogP contribution in [-0.4, -0.2) is 38.0 Å². The van der Waals surface area contributed by atoms with Crippen LogP contribution in [0.4, 0.5) is 0 Å². The van der Waals surface area contributed by atoms with Gasteiger partial charge in [-0.15, -0.1) is 0 Å². The van der Waals surface area contributed by atoms with E-state index < -0.39 is 23.4 Å². The highest BCUT2D eigenvalue weighted by atomic mass is 16.5. The molecule has 3 atom stereocenters. The Morgan fingerprint density at radius 1 is 1.30 bits per heavy atom. The van der Waals surface area contributed by atoms with Crippen LogP contribution < -0.4 is 0 Å². The van der Waals surface area contributed by atoms with Gasteiger partial charge in [-0.3, -0.25) is 14.4 Å². The summed E-state index contributed by atoms with van der Waals surface area (Å²) in [5, 5.41) is 0. The molecule has 0 amide bonds. The molecular weight excluding hydrogens is 264 g/mol. The van der Waals surface area contributed by atoms with Crippen molar-refractivity contribution in [3.63, 3.8) is 0 Å². The maximum atomic E-state index is 11.6. The molecule has 0 aromatic carbocycles. The van der Waals surface area contributed by atoms with E-state index in [1.807, 2.05) is 0 Å². The third kappa shape index (κ3) is 3.00. The summed E-state index contributed by atoms with van der Waals surface area (Å²) in [6, 6.07) is 0. The van der Waals surface area contributed by atoms with Gasteiger partial charge >= 0.3 is 11.9 Å². The molecule has 112 valence electrons. The lowest BCUT2D eigenvalue weighted by Crippen LogP contribution is -2.46. The van der Waals surface area contributed by atoms with E-state index in [9.17, 15) is 14.4 Å². The number of carbonyl (C=O) groups is 3. The van der Waals surface area contributed by atoms with Gasteiger partial charge in [0.15, 0.2) is 11.9 Å². The van der Waals surface area contributed by atoms with E-state index in [-0.39, 0.29) is 5.97 Å². The molecule has 1 rings (SSSR count). The van der Waals surface area contributed by atoms with Gasteiger partial charge in [0.05, 0.1) is 26.4 Å². The van der Waals surface area contributed by atoms with Crippen LogP contribution in [0.15, 0.2) is 11.8 Å². The predicted octanol–water partition coefficient (Wildman–Crippen LogP) is 1.24. The summed E-state index contributed by atoms with van der Waals surface area (Å²) in [7, 11) is 2.58. The van der Waals surface area contributed by atoms with E-state index in [0.717, 1.165) is 5.57 Å². The third-order valence-corrected chi connectivity index (χ3v) is 3.83. The Bertz CT molecular complexity index is 427. The molecule has 0 radical (unpaired) electrons. The van der Waals surface area contributed by atoms with Crippen LogP contribution in [0, 0.1) is 11.8 Å². The number of rotatable bonds is 5. The van der Waals surface area contributed by atoms with Crippen LogP contribution in [0.5, 0.6) is 0 Å². The number of methoxy groups -OCH3 is 2. The summed E-state index contributed by atoms with van der Waals surface area (Å²) in [6.45, 7) is 3.29. The molecule has 20 heavy (non-hydrogen) atoms. The molecule has 0 saturated heterocycles. The molecule has 0 bridgehead atoms. The molecule has 6 nitrogen and oxygen atoms in total. The number of esters is 2. The zero-order valence-electron chi connectivity index (χ0n) is 12.2. The van der Waals surface area contributed by atoms with E-state index in [2.05, 4.69) is 9.47 Å². The summed E-state index contributed by atoms with van der Waals surface area (Å²) in [4.78, 5) is 34.4. The van der Waals surface area contributed by atoms with E-state index in [0.29, 0.717) is 19.1 Å². The molecule has 0 fully saturated rings. The molecule has 0 spiro atoms.